The molecule has 1 saturated carbocycles. The Balaban J connectivity index is 1.50. The van der Waals surface area contributed by atoms with Gasteiger partial charge in [0.1, 0.15) is 6.04 Å². The fourth-order valence-electron chi connectivity index (χ4n) is 7.70. The molecule has 12 nitrogen and oxygen atoms in total. The summed E-state index contributed by atoms with van der Waals surface area (Å²) in [4.78, 5) is 58.1. The maximum atomic E-state index is 13.4. The van der Waals surface area contributed by atoms with Crippen molar-refractivity contribution in [1.82, 2.24) is 30.6 Å². The van der Waals surface area contributed by atoms with Crippen LogP contribution >= 0.6 is 0 Å². The van der Waals surface area contributed by atoms with Crippen LogP contribution in [0.1, 0.15) is 94.9 Å². The van der Waals surface area contributed by atoms with E-state index in [0.29, 0.717) is 42.1 Å². The highest BCUT2D eigenvalue weighted by molar-refractivity contribution is 5.95. The number of amides is 3. The number of carbonyl (C=O) groups is 3. The number of nitriles is 1. The Morgan fingerprint density at radius 2 is 1.60 bits per heavy atom. The highest BCUT2D eigenvalue weighted by atomic mass is 16.5. The van der Waals surface area contributed by atoms with Crippen molar-refractivity contribution < 1.29 is 18.9 Å². The topological polar surface area (TPSA) is 162 Å². The largest absolute Gasteiger partial charge is 0.459 e. The third-order valence-electron chi connectivity index (χ3n) is 9.96. The van der Waals surface area contributed by atoms with E-state index in [1.807, 2.05) is 45.0 Å². The molecule has 1 saturated heterocycles. The highest BCUT2D eigenvalue weighted by Crippen LogP contribution is 2.49. The first-order chi connectivity index (χ1) is 22.5. The first-order valence-corrected chi connectivity index (χ1v) is 16.3. The molecule has 1 aromatic heterocycles. The molecule has 0 bridgehead atoms. The maximum absolute atomic E-state index is 13.4. The van der Waals surface area contributed by atoms with Gasteiger partial charge in [0.15, 0.2) is 5.82 Å². The van der Waals surface area contributed by atoms with Crippen LogP contribution in [0.15, 0.2) is 45.7 Å². The van der Waals surface area contributed by atoms with Crippen molar-refractivity contribution in [2.75, 3.05) is 20.6 Å². The van der Waals surface area contributed by atoms with Gasteiger partial charge in [-0.25, -0.2) is 4.79 Å². The summed E-state index contributed by atoms with van der Waals surface area (Å²) in [7, 11) is 3.17. The fraction of sp³-hybridized carbons (Fsp3) is 0.486. The Kier molecular flexibility index (Phi) is 8.53. The SMILES string of the molecule is CNC(=O)c1ccc2c(c1)CCc1cc(C(=O)NC)ccc1C2(C[C@@H](C)NCC(=O)N1C(C#N)C[C@@H]2C[C@@H]21)c1nc(=O)on1C(C)C. The third kappa shape index (κ3) is 5.63. The van der Waals surface area contributed by atoms with E-state index >= 15 is 0 Å². The van der Waals surface area contributed by atoms with Crippen LogP contribution in [-0.4, -0.2) is 71.1 Å². The zero-order chi connectivity index (χ0) is 33.6. The number of fused-ring (bicyclic) bond motifs is 3. The molecule has 0 spiro atoms. The fourth-order valence-corrected chi connectivity index (χ4v) is 7.70. The molecular formula is C35H41N7O5. The van der Waals surface area contributed by atoms with Crippen LogP contribution in [0.25, 0.3) is 0 Å². The van der Waals surface area contributed by atoms with Gasteiger partial charge in [0, 0.05) is 37.3 Å². The van der Waals surface area contributed by atoms with Crippen molar-refractivity contribution in [3.8, 4) is 6.07 Å². The van der Waals surface area contributed by atoms with Crippen molar-refractivity contribution in [2.45, 2.75) is 82.5 Å². The van der Waals surface area contributed by atoms with E-state index in [9.17, 15) is 24.4 Å². The number of aryl methyl sites for hydroxylation is 2. The average Bonchev–Trinajstić information content (AvgIpc) is 3.59. The van der Waals surface area contributed by atoms with E-state index in [-0.39, 0.29) is 42.4 Å². The molecule has 12 heteroatoms. The van der Waals surface area contributed by atoms with Gasteiger partial charge in [-0.2, -0.15) is 15.0 Å². The summed E-state index contributed by atoms with van der Waals surface area (Å²) in [5, 5.41) is 18.5. The van der Waals surface area contributed by atoms with E-state index in [2.05, 4.69) is 27.0 Å². The average molecular weight is 640 g/mol. The summed E-state index contributed by atoms with van der Waals surface area (Å²) >= 11 is 0. The zero-order valence-corrected chi connectivity index (χ0v) is 27.4. The summed E-state index contributed by atoms with van der Waals surface area (Å²) in [5.41, 5.74) is 3.49. The number of piperidine rings is 1. The molecule has 1 aliphatic heterocycles. The van der Waals surface area contributed by atoms with Crippen LogP contribution in [0.2, 0.25) is 0 Å². The number of nitrogens with zero attached hydrogens (tertiary/aromatic N) is 4. The minimum atomic E-state index is -1.07. The molecule has 2 fully saturated rings. The van der Waals surface area contributed by atoms with Gasteiger partial charge in [-0.1, -0.05) is 12.1 Å². The Bertz CT molecular complexity index is 1770. The smallest absolute Gasteiger partial charge is 0.355 e. The molecule has 4 atom stereocenters. The molecule has 47 heavy (non-hydrogen) atoms. The van der Waals surface area contributed by atoms with Gasteiger partial charge in [-0.15, -0.1) is 0 Å². The van der Waals surface area contributed by atoms with Crippen LogP contribution < -0.4 is 21.7 Å². The standard InChI is InChI=1S/C35H41N7O5/c1-19(2)42-33(40-34(46)47-42)35(16-20(3)39-18-30(43)41-26(17-36)14-25-15-29(25)41)27-10-8-23(31(44)37-4)12-21(27)6-7-22-13-24(32(45)38-5)9-11-28(22)35/h8-13,19-20,25-26,29,39H,6-7,14-16,18H2,1-5H3,(H,37,44)(H,38,45)/t20-,25-,26?,29+/m1/s1. The second kappa shape index (κ2) is 12.4. The van der Waals surface area contributed by atoms with Gasteiger partial charge < -0.3 is 25.4 Å². The molecular weight excluding hydrogens is 598 g/mol. The number of carbonyl (C=O) groups excluding carboxylic acids is 3. The molecule has 3 aliphatic rings. The number of hydrogen-bond acceptors (Lipinski definition) is 8. The van der Waals surface area contributed by atoms with Gasteiger partial charge in [0.2, 0.25) is 5.91 Å². The van der Waals surface area contributed by atoms with Gasteiger partial charge in [-0.3, -0.25) is 14.4 Å². The zero-order valence-electron chi connectivity index (χ0n) is 27.4. The molecule has 3 aromatic rings. The first-order valence-electron chi connectivity index (χ1n) is 16.3. The Labute approximate surface area is 273 Å². The highest BCUT2D eigenvalue weighted by Gasteiger charge is 2.54. The molecule has 3 N–H and O–H groups in total. The van der Waals surface area contributed by atoms with Crippen molar-refractivity contribution in [1.29, 1.82) is 5.26 Å². The predicted molar refractivity (Wildman–Crippen MR) is 173 cm³/mol. The maximum Gasteiger partial charge on any atom is 0.459 e. The van der Waals surface area contributed by atoms with Crippen LogP contribution in [0, 0.1) is 17.2 Å². The van der Waals surface area contributed by atoms with Crippen LogP contribution in [0.5, 0.6) is 0 Å². The summed E-state index contributed by atoms with van der Waals surface area (Å²) in [6.45, 7) is 5.87. The quantitative estimate of drug-likeness (QED) is 0.322. The monoisotopic (exact) mass is 639 g/mol. The Morgan fingerprint density at radius 1 is 1.00 bits per heavy atom. The van der Waals surface area contributed by atoms with Gasteiger partial charge >= 0.3 is 5.76 Å². The van der Waals surface area contributed by atoms with E-state index in [1.54, 1.807) is 35.9 Å². The van der Waals surface area contributed by atoms with E-state index in [0.717, 1.165) is 35.1 Å². The summed E-state index contributed by atoms with van der Waals surface area (Å²) in [5.74, 6) is -0.432. The van der Waals surface area contributed by atoms with Crippen molar-refractivity contribution in [3.63, 3.8) is 0 Å². The molecule has 1 unspecified atom stereocenters. The van der Waals surface area contributed by atoms with E-state index < -0.39 is 17.2 Å². The number of nitrogens with one attached hydrogen (secondary N) is 3. The number of rotatable bonds is 9. The molecule has 2 aliphatic carbocycles. The summed E-state index contributed by atoms with van der Waals surface area (Å²) < 4.78 is 7.23. The van der Waals surface area contributed by atoms with Crippen molar-refractivity contribution in [3.05, 3.63) is 86.2 Å². The molecule has 3 amide bonds. The molecule has 6 rings (SSSR count). The molecule has 2 aromatic carbocycles. The van der Waals surface area contributed by atoms with E-state index in [1.165, 1.54) is 0 Å². The lowest BCUT2D eigenvalue weighted by atomic mass is 9.67. The van der Waals surface area contributed by atoms with Gasteiger partial charge in [0.05, 0.1) is 24.1 Å². The summed E-state index contributed by atoms with van der Waals surface area (Å²) in [6, 6.07) is 12.7. The lowest BCUT2D eigenvalue weighted by molar-refractivity contribution is -0.131. The minimum Gasteiger partial charge on any atom is -0.355 e. The summed E-state index contributed by atoms with van der Waals surface area (Å²) in [6.07, 6.45) is 3.19. The van der Waals surface area contributed by atoms with Gasteiger partial charge in [0.25, 0.3) is 11.8 Å². The first kappa shape index (κ1) is 32.2. The Hall–Kier alpha value is -4.76. The van der Waals surface area contributed by atoms with Gasteiger partial charge in [-0.05, 0) is 105 Å². The third-order valence-corrected chi connectivity index (χ3v) is 9.96. The number of hydrogen-bond donors (Lipinski definition) is 3. The van der Waals surface area contributed by atoms with Crippen LogP contribution in [0.4, 0.5) is 0 Å². The lowest BCUT2D eigenvalue weighted by Crippen LogP contribution is -2.47. The predicted octanol–water partition coefficient (Wildman–Crippen LogP) is 2.45. The molecule has 0 radical (unpaired) electrons. The van der Waals surface area contributed by atoms with Crippen molar-refractivity contribution in [2.24, 2.45) is 5.92 Å². The van der Waals surface area contributed by atoms with Crippen LogP contribution in [-0.2, 0) is 23.1 Å². The van der Waals surface area contributed by atoms with Crippen LogP contribution in [0.3, 0.4) is 0 Å². The second-order valence-electron chi connectivity index (χ2n) is 13.3. The molecule has 2 heterocycles. The lowest BCUT2D eigenvalue weighted by Gasteiger charge is -2.38. The number of aromatic nitrogens is 2. The molecule has 246 valence electrons. The number of benzene rings is 2. The van der Waals surface area contributed by atoms with Crippen molar-refractivity contribution >= 4 is 17.7 Å². The number of likely N-dealkylation sites (tertiary alicyclic amines) is 1. The van der Waals surface area contributed by atoms with E-state index in [4.69, 9.17) is 4.52 Å². The minimum absolute atomic E-state index is 0.0549. The normalized spacial score (nSPS) is 21.1. The Morgan fingerprint density at radius 3 is 2.13 bits per heavy atom. The second-order valence-corrected chi connectivity index (χ2v) is 13.3.